The Hall–Kier alpha value is -1.40. The molecule has 2 heterocycles. The number of para-hydroxylation sites is 1. The monoisotopic (exact) mass is 397 g/mol. The Balaban J connectivity index is 0.00000243. The molecule has 0 atom stereocenters. The molecule has 1 aromatic carbocycles. The quantitative estimate of drug-likeness (QED) is 0.834. The van der Waals surface area contributed by atoms with Gasteiger partial charge < -0.3 is 5.11 Å². The first-order valence-electron chi connectivity index (χ1n) is 8.64. The molecular formula is C19H25Cl2N3O2. The number of likely N-dealkylation sites (N-methyl/N-ethyl adjacent to an activating group) is 1. The summed E-state index contributed by atoms with van der Waals surface area (Å²) < 4.78 is 0. The molecule has 142 valence electrons. The number of likely N-dealkylation sites (tertiary alicyclic amines) is 1. The molecule has 1 aliphatic heterocycles. The average molecular weight is 398 g/mol. The van der Waals surface area contributed by atoms with Crippen molar-refractivity contribution in [2.24, 2.45) is 0 Å². The number of piperidine rings is 1. The van der Waals surface area contributed by atoms with Crippen LogP contribution in [0.1, 0.15) is 24.1 Å². The first-order chi connectivity index (χ1) is 12.0. The number of aromatic nitrogens is 1. The van der Waals surface area contributed by atoms with Crippen LogP contribution in [0.4, 0.5) is 0 Å². The molecule has 1 fully saturated rings. The van der Waals surface area contributed by atoms with Gasteiger partial charge >= 0.3 is 5.97 Å². The van der Waals surface area contributed by atoms with Gasteiger partial charge in [0.15, 0.2) is 0 Å². The maximum absolute atomic E-state index is 10.9. The summed E-state index contributed by atoms with van der Waals surface area (Å²) in [5.74, 6) is -0.771. The number of fused-ring (bicyclic) bond motifs is 1. The van der Waals surface area contributed by atoms with Crippen molar-refractivity contribution in [3.8, 4) is 0 Å². The standard InChI is InChI=1S/C19H24ClN3O2.ClH/c1-13-15-5-3-4-6-16(15)21-17(19(13)20)11-23-9-7-14(8-10-23)22(2)12-18(24)25;/h3-6,14H,7-12H2,1-2H3,(H,24,25);1H. The lowest BCUT2D eigenvalue weighted by molar-refractivity contribution is -0.138. The summed E-state index contributed by atoms with van der Waals surface area (Å²) in [5.41, 5.74) is 2.99. The molecule has 1 N–H and O–H groups in total. The van der Waals surface area contributed by atoms with Crippen LogP contribution in [-0.2, 0) is 11.3 Å². The second-order valence-electron chi connectivity index (χ2n) is 6.83. The van der Waals surface area contributed by atoms with E-state index in [2.05, 4.69) is 11.0 Å². The molecule has 7 heteroatoms. The summed E-state index contributed by atoms with van der Waals surface area (Å²) in [5, 5.41) is 10.8. The van der Waals surface area contributed by atoms with Crippen molar-refractivity contribution in [3.63, 3.8) is 0 Å². The number of aliphatic carboxylic acids is 1. The van der Waals surface area contributed by atoms with Crippen molar-refractivity contribution in [2.75, 3.05) is 26.7 Å². The molecule has 0 spiro atoms. The third kappa shape index (κ3) is 4.65. The molecule has 26 heavy (non-hydrogen) atoms. The first kappa shape index (κ1) is 20.9. The number of halogens is 2. The predicted octanol–water partition coefficient (Wildman–Crippen LogP) is 3.60. The smallest absolute Gasteiger partial charge is 0.317 e. The molecule has 0 radical (unpaired) electrons. The van der Waals surface area contributed by atoms with Crippen LogP contribution in [0.5, 0.6) is 0 Å². The highest BCUT2D eigenvalue weighted by atomic mass is 35.5. The maximum atomic E-state index is 10.9. The lowest BCUT2D eigenvalue weighted by atomic mass is 10.0. The average Bonchev–Trinajstić information content (AvgIpc) is 2.59. The zero-order valence-corrected chi connectivity index (χ0v) is 16.7. The van der Waals surface area contributed by atoms with Gasteiger partial charge in [-0.05, 0) is 38.4 Å². The second-order valence-corrected chi connectivity index (χ2v) is 7.21. The summed E-state index contributed by atoms with van der Waals surface area (Å²) in [6.07, 6.45) is 1.93. The Morgan fingerprint density at radius 1 is 1.35 bits per heavy atom. The van der Waals surface area contributed by atoms with Crippen LogP contribution in [0, 0.1) is 6.92 Å². The van der Waals surface area contributed by atoms with Crippen LogP contribution >= 0.6 is 24.0 Å². The van der Waals surface area contributed by atoms with Gasteiger partial charge in [-0.3, -0.25) is 14.6 Å². The van der Waals surface area contributed by atoms with E-state index in [0.717, 1.165) is 59.7 Å². The highest BCUT2D eigenvalue weighted by Crippen LogP contribution is 2.28. The number of pyridine rings is 1. The zero-order valence-electron chi connectivity index (χ0n) is 15.1. The zero-order chi connectivity index (χ0) is 18.0. The van der Waals surface area contributed by atoms with Crippen LogP contribution in [0.25, 0.3) is 10.9 Å². The minimum atomic E-state index is -0.771. The molecule has 1 saturated heterocycles. The SMILES string of the molecule is Cc1c(Cl)c(CN2CCC(N(C)CC(=O)O)CC2)nc2ccccc12.Cl. The van der Waals surface area contributed by atoms with Gasteiger partial charge in [-0.25, -0.2) is 4.98 Å². The van der Waals surface area contributed by atoms with E-state index in [-0.39, 0.29) is 19.0 Å². The van der Waals surface area contributed by atoms with Gasteiger partial charge in [0.2, 0.25) is 0 Å². The van der Waals surface area contributed by atoms with E-state index in [1.807, 2.05) is 37.1 Å². The highest BCUT2D eigenvalue weighted by molar-refractivity contribution is 6.32. The lowest BCUT2D eigenvalue weighted by Crippen LogP contribution is -2.44. The van der Waals surface area contributed by atoms with Crippen LogP contribution in [0.3, 0.4) is 0 Å². The molecule has 0 amide bonds. The topological polar surface area (TPSA) is 56.7 Å². The number of carboxylic acids is 1. The largest absolute Gasteiger partial charge is 0.480 e. The fraction of sp³-hybridized carbons (Fsp3) is 0.474. The molecule has 0 aliphatic carbocycles. The van der Waals surface area contributed by atoms with Crippen LogP contribution in [-0.4, -0.2) is 58.6 Å². The van der Waals surface area contributed by atoms with Crippen molar-refractivity contribution in [1.82, 2.24) is 14.8 Å². The predicted molar refractivity (Wildman–Crippen MR) is 107 cm³/mol. The third-order valence-corrected chi connectivity index (χ3v) is 5.59. The van der Waals surface area contributed by atoms with Gasteiger partial charge in [-0.1, -0.05) is 29.8 Å². The van der Waals surface area contributed by atoms with Gasteiger partial charge in [0.25, 0.3) is 0 Å². The number of aryl methyl sites for hydroxylation is 1. The third-order valence-electron chi connectivity index (χ3n) is 5.08. The molecule has 1 aliphatic rings. The second kappa shape index (κ2) is 9.00. The Kier molecular flexibility index (Phi) is 7.24. The normalized spacial score (nSPS) is 16.0. The number of rotatable bonds is 5. The van der Waals surface area contributed by atoms with Gasteiger partial charge in [-0.2, -0.15) is 0 Å². The molecule has 0 saturated carbocycles. The van der Waals surface area contributed by atoms with Gasteiger partial charge in [0.1, 0.15) is 0 Å². The summed E-state index contributed by atoms with van der Waals surface area (Å²) in [7, 11) is 1.89. The van der Waals surface area contributed by atoms with Crippen molar-refractivity contribution in [2.45, 2.75) is 32.4 Å². The van der Waals surface area contributed by atoms with Crippen molar-refractivity contribution < 1.29 is 9.90 Å². The van der Waals surface area contributed by atoms with Gasteiger partial charge in [-0.15, -0.1) is 12.4 Å². The number of benzene rings is 1. The number of hydrogen-bond acceptors (Lipinski definition) is 4. The van der Waals surface area contributed by atoms with Crippen molar-refractivity contribution >= 4 is 40.9 Å². The van der Waals surface area contributed by atoms with Crippen LogP contribution in [0.2, 0.25) is 5.02 Å². The number of nitrogens with zero attached hydrogens (tertiary/aromatic N) is 3. The Bertz CT molecular complexity index is 777. The van der Waals surface area contributed by atoms with Crippen molar-refractivity contribution in [1.29, 1.82) is 0 Å². The fourth-order valence-electron chi connectivity index (χ4n) is 3.59. The molecule has 2 aromatic rings. The van der Waals surface area contributed by atoms with E-state index < -0.39 is 5.97 Å². The first-order valence-corrected chi connectivity index (χ1v) is 9.01. The molecule has 1 aromatic heterocycles. The van der Waals surface area contributed by atoms with E-state index in [1.165, 1.54) is 0 Å². The van der Waals surface area contributed by atoms with E-state index in [1.54, 1.807) is 0 Å². The minimum absolute atomic E-state index is 0. The van der Waals surface area contributed by atoms with E-state index >= 15 is 0 Å². The molecular weight excluding hydrogens is 373 g/mol. The number of carbonyl (C=O) groups is 1. The summed E-state index contributed by atoms with van der Waals surface area (Å²) in [6.45, 7) is 4.74. The summed E-state index contributed by atoms with van der Waals surface area (Å²) in [6, 6.07) is 8.41. The molecule has 0 bridgehead atoms. The summed E-state index contributed by atoms with van der Waals surface area (Å²) in [4.78, 5) is 19.9. The fourth-order valence-corrected chi connectivity index (χ4v) is 3.80. The lowest BCUT2D eigenvalue weighted by Gasteiger charge is -2.36. The van der Waals surface area contributed by atoms with E-state index in [4.69, 9.17) is 21.7 Å². The van der Waals surface area contributed by atoms with Crippen LogP contribution < -0.4 is 0 Å². The van der Waals surface area contributed by atoms with Crippen LogP contribution in [0.15, 0.2) is 24.3 Å². The molecule has 0 unspecified atom stereocenters. The van der Waals surface area contributed by atoms with E-state index in [9.17, 15) is 4.79 Å². The van der Waals surface area contributed by atoms with E-state index in [0.29, 0.717) is 6.04 Å². The molecule has 3 rings (SSSR count). The number of hydrogen-bond donors (Lipinski definition) is 1. The maximum Gasteiger partial charge on any atom is 0.317 e. The number of carboxylic acid groups (broad SMARTS) is 1. The van der Waals surface area contributed by atoms with Crippen molar-refractivity contribution in [3.05, 3.63) is 40.5 Å². The Morgan fingerprint density at radius 3 is 2.65 bits per heavy atom. The highest BCUT2D eigenvalue weighted by Gasteiger charge is 2.24. The van der Waals surface area contributed by atoms with Gasteiger partial charge in [0.05, 0.1) is 22.8 Å². The minimum Gasteiger partial charge on any atom is -0.480 e. The van der Waals surface area contributed by atoms with Gasteiger partial charge in [0, 0.05) is 31.1 Å². The Morgan fingerprint density at radius 2 is 2.00 bits per heavy atom. The Labute approximate surface area is 165 Å². The molecule has 5 nitrogen and oxygen atoms in total. The summed E-state index contributed by atoms with van der Waals surface area (Å²) >= 11 is 6.57.